The van der Waals surface area contributed by atoms with E-state index in [9.17, 15) is 13.2 Å². The Balaban J connectivity index is 2.06. The van der Waals surface area contributed by atoms with Crippen molar-refractivity contribution in [2.75, 3.05) is 0 Å². The highest BCUT2D eigenvalue weighted by Gasteiger charge is 2.14. The number of nitrogens with one attached hydrogen (secondary N) is 1. The van der Waals surface area contributed by atoms with Gasteiger partial charge in [0.2, 0.25) is 0 Å². The summed E-state index contributed by atoms with van der Waals surface area (Å²) in [5.74, 6) is -3.77. The zero-order valence-electron chi connectivity index (χ0n) is 10.3. The van der Waals surface area contributed by atoms with Crippen LogP contribution in [0.2, 0.25) is 0 Å². The van der Waals surface area contributed by atoms with Crippen molar-refractivity contribution in [3.05, 3.63) is 51.7 Å². The normalized spacial score (nSPS) is 12.6. The molecule has 0 aliphatic carbocycles. The van der Waals surface area contributed by atoms with Crippen molar-refractivity contribution in [3.63, 3.8) is 0 Å². The lowest BCUT2D eigenvalue weighted by atomic mass is 10.1. The van der Waals surface area contributed by atoms with Gasteiger partial charge in [0, 0.05) is 18.1 Å². The molecule has 1 aromatic heterocycles. The Bertz CT molecular complexity index is 520. The van der Waals surface area contributed by atoms with Gasteiger partial charge in [-0.1, -0.05) is 6.92 Å². The van der Waals surface area contributed by atoms with Crippen LogP contribution in [0.25, 0.3) is 0 Å². The van der Waals surface area contributed by atoms with Crippen LogP contribution in [0.5, 0.6) is 0 Å². The number of rotatable bonds is 5. The summed E-state index contributed by atoms with van der Waals surface area (Å²) in [4.78, 5) is 4.20. The van der Waals surface area contributed by atoms with Gasteiger partial charge in [-0.15, -0.1) is 11.3 Å². The molecular formula is C13H13F3N2S. The van der Waals surface area contributed by atoms with Crippen LogP contribution in [0, 0.1) is 17.5 Å². The van der Waals surface area contributed by atoms with Gasteiger partial charge in [0.1, 0.15) is 5.01 Å². The molecule has 0 fully saturated rings. The van der Waals surface area contributed by atoms with E-state index < -0.39 is 17.5 Å². The molecule has 0 bridgehead atoms. The first kappa shape index (κ1) is 14.0. The molecule has 19 heavy (non-hydrogen) atoms. The van der Waals surface area contributed by atoms with Crippen molar-refractivity contribution in [2.24, 2.45) is 0 Å². The van der Waals surface area contributed by atoms with Crippen molar-refractivity contribution in [2.45, 2.75) is 25.9 Å². The van der Waals surface area contributed by atoms with Crippen molar-refractivity contribution >= 4 is 11.3 Å². The van der Waals surface area contributed by atoms with E-state index in [0.29, 0.717) is 5.56 Å². The number of benzene rings is 1. The summed E-state index contributed by atoms with van der Waals surface area (Å²) in [6.45, 7) is 2.25. The van der Waals surface area contributed by atoms with E-state index >= 15 is 0 Å². The van der Waals surface area contributed by atoms with Gasteiger partial charge in [-0.05, 0) is 24.1 Å². The average molecular weight is 286 g/mol. The molecule has 2 nitrogen and oxygen atoms in total. The first-order valence-electron chi connectivity index (χ1n) is 5.88. The highest BCUT2D eigenvalue weighted by Crippen LogP contribution is 2.20. The summed E-state index contributed by atoms with van der Waals surface area (Å²) in [6, 6.07) is 2.02. The van der Waals surface area contributed by atoms with Gasteiger partial charge in [0.05, 0.1) is 6.04 Å². The molecule has 2 rings (SSSR count). The molecule has 1 aromatic carbocycles. The average Bonchev–Trinajstić information content (AvgIpc) is 2.90. The number of halogens is 3. The Hall–Kier alpha value is -1.40. The summed E-state index contributed by atoms with van der Waals surface area (Å²) in [7, 11) is 0. The lowest BCUT2D eigenvalue weighted by molar-refractivity contribution is 0.442. The second kappa shape index (κ2) is 6.16. The van der Waals surface area contributed by atoms with Crippen LogP contribution in [0.3, 0.4) is 0 Å². The minimum absolute atomic E-state index is 0.0242. The number of aromatic nitrogens is 1. The van der Waals surface area contributed by atoms with Gasteiger partial charge in [-0.25, -0.2) is 18.2 Å². The van der Waals surface area contributed by atoms with Crippen molar-refractivity contribution in [3.8, 4) is 0 Å². The second-order valence-corrected chi connectivity index (χ2v) is 5.01. The topological polar surface area (TPSA) is 24.9 Å². The molecule has 6 heteroatoms. The maximum Gasteiger partial charge on any atom is 0.194 e. The fourth-order valence-corrected chi connectivity index (χ4v) is 2.56. The van der Waals surface area contributed by atoms with Crippen LogP contribution >= 0.6 is 11.3 Å². The number of nitrogens with zero attached hydrogens (tertiary/aromatic N) is 1. The Morgan fingerprint density at radius 3 is 2.47 bits per heavy atom. The number of hydrogen-bond donors (Lipinski definition) is 1. The molecule has 0 saturated heterocycles. The zero-order valence-corrected chi connectivity index (χ0v) is 11.1. The Morgan fingerprint density at radius 1 is 1.26 bits per heavy atom. The van der Waals surface area contributed by atoms with Gasteiger partial charge in [-0.3, -0.25) is 0 Å². The zero-order chi connectivity index (χ0) is 13.8. The maximum atomic E-state index is 13.1. The molecule has 2 aromatic rings. The van der Waals surface area contributed by atoms with E-state index in [4.69, 9.17) is 0 Å². The van der Waals surface area contributed by atoms with Gasteiger partial charge in [-0.2, -0.15) is 0 Å². The first-order valence-corrected chi connectivity index (χ1v) is 6.76. The molecule has 0 radical (unpaired) electrons. The monoisotopic (exact) mass is 286 g/mol. The highest BCUT2D eigenvalue weighted by atomic mass is 32.1. The summed E-state index contributed by atoms with van der Waals surface area (Å²) >= 11 is 1.52. The smallest absolute Gasteiger partial charge is 0.194 e. The number of hydrogen-bond acceptors (Lipinski definition) is 3. The van der Waals surface area contributed by atoms with Crippen LogP contribution in [0.4, 0.5) is 13.2 Å². The molecule has 0 spiro atoms. The Morgan fingerprint density at radius 2 is 1.95 bits per heavy atom. The van der Waals surface area contributed by atoms with Crippen LogP contribution in [-0.4, -0.2) is 4.98 Å². The molecule has 1 unspecified atom stereocenters. The van der Waals surface area contributed by atoms with E-state index in [0.717, 1.165) is 23.6 Å². The highest BCUT2D eigenvalue weighted by molar-refractivity contribution is 7.09. The fraction of sp³-hybridized carbons (Fsp3) is 0.308. The molecule has 0 saturated carbocycles. The number of thiazole rings is 1. The van der Waals surface area contributed by atoms with Gasteiger partial charge < -0.3 is 5.32 Å². The molecular weight excluding hydrogens is 273 g/mol. The molecule has 1 atom stereocenters. The Kier molecular flexibility index (Phi) is 4.55. The third-order valence-electron chi connectivity index (χ3n) is 2.75. The largest absolute Gasteiger partial charge is 0.304 e. The van der Waals surface area contributed by atoms with Crippen LogP contribution < -0.4 is 5.32 Å². The lowest BCUT2D eigenvalue weighted by Crippen LogP contribution is -2.20. The van der Waals surface area contributed by atoms with Gasteiger partial charge in [0.15, 0.2) is 17.5 Å². The summed E-state index contributed by atoms with van der Waals surface area (Å²) in [5, 5.41) is 5.95. The van der Waals surface area contributed by atoms with Crippen LogP contribution in [0.15, 0.2) is 23.7 Å². The molecule has 102 valence electrons. The van der Waals surface area contributed by atoms with Gasteiger partial charge in [0.25, 0.3) is 0 Å². The fourth-order valence-electron chi connectivity index (χ4n) is 1.76. The van der Waals surface area contributed by atoms with Crippen LogP contribution in [0.1, 0.15) is 30.0 Å². The predicted octanol–water partition coefficient (Wildman–Crippen LogP) is 3.80. The second-order valence-electron chi connectivity index (χ2n) is 4.09. The quantitative estimate of drug-likeness (QED) is 0.846. The standard InChI is InChI=1S/C13H13F3N2S/c1-2-11(13-17-3-4-19-13)18-7-8-5-9(14)12(16)10(15)6-8/h3-6,11,18H,2,7H2,1H3. The molecule has 0 aliphatic rings. The third kappa shape index (κ3) is 3.33. The van der Waals surface area contributed by atoms with Crippen molar-refractivity contribution in [1.29, 1.82) is 0 Å². The predicted molar refractivity (Wildman–Crippen MR) is 68.3 cm³/mol. The minimum Gasteiger partial charge on any atom is -0.304 e. The first-order chi connectivity index (χ1) is 9.11. The summed E-state index contributed by atoms with van der Waals surface area (Å²) < 4.78 is 39.0. The minimum atomic E-state index is -1.43. The Labute approximate surface area is 113 Å². The van der Waals surface area contributed by atoms with E-state index in [1.807, 2.05) is 12.3 Å². The summed E-state index contributed by atoms with van der Waals surface area (Å²) in [5.41, 5.74) is 0.367. The van der Waals surface area contributed by atoms with E-state index in [-0.39, 0.29) is 12.6 Å². The molecule has 0 aliphatic heterocycles. The molecule has 1 heterocycles. The maximum absolute atomic E-state index is 13.1. The molecule has 1 N–H and O–H groups in total. The lowest BCUT2D eigenvalue weighted by Gasteiger charge is -2.14. The van der Waals surface area contributed by atoms with E-state index in [1.165, 1.54) is 11.3 Å². The third-order valence-corrected chi connectivity index (χ3v) is 3.64. The van der Waals surface area contributed by atoms with Crippen molar-refractivity contribution < 1.29 is 13.2 Å². The van der Waals surface area contributed by atoms with Crippen molar-refractivity contribution in [1.82, 2.24) is 10.3 Å². The van der Waals surface area contributed by atoms with E-state index in [2.05, 4.69) is 10.3 Å². The van der Waals surface area contributed by atoms with Crippen LogP contribution in [-0.2, 0) is 6.54 Å². The van der Waals surface area contributed by atoms with E-state index in [1.54, 1.807) is 6.20 Å². The summed E-state index contributed by atoms with van der Waals surface area (Å²) in [6.07, 6.45) is 2.52. The SMILES string of the molecule is CCC(NCc1cc(F)c(F)c(F)c1)c1nccs1. The molecule has 0 amide bonds. The van der Waals surface area contributed by atoms with Gasteiger partial charge >= 0.3 is 0 Å².